The zero-order chi connectivity index (χ0) is 13.1. The molecule has 0 N–H and O–H groups in total. The van der Waals surface area contributed by atoms with E-state index in [4.69, 9.17) is 11.6 Å². The monoisotopic (exact) mass is 259 g/mol. The van der Waals surface area contributed by atoms with Gasteiger partial charge in [0.1, 0.15) is 0 Å². The fourth-order valence-corrected chi connectivity index (χ4v) is 2.51. The fraction of sp³-hybridized carbons (Fsp3) is 0.312. The van der Waals surface area contributed by atoms with Crippen LogP contribution < -0.4 is 0 Å². The molecule has 0 aliphatic carbocycles. The smallest absolute Gasteiger partial charge is 0.0666 e. The van der Waals surface area contributed by atoms with Crippen molar-refractivity contribution in [1.82, 2.24) is 4.98 Å². The zero-order valence-corrected chi connectivity index (χ0v) is 11.8. The molecule has 0 aliphatic heterocycles. The summed E-state index contributed by atoms with van der Waals surface area (Å²) in [5.74, 6) is 0.203. The number of rotatable bonds is 3. The number of aromatic nitrogens is 1. The molecule has 1 aromatic heterocycles. The van der Waals surface area contributed by atoms with Crippen LogP contribution >= 0.6 is 11.6 Å². The maximum Gasteiger partial charge on any atom is 0.0666 e. The predicted octanol–water partition coefficient (Wildman–Crippen LogP) is 4.78. The van der Waals surface area contributed by atoms with E-state index < -0.39 is 0 Å². The molecule has 2 heteroatoms. The Hall–Kier alpha value is -1.34. The third-order valence-electron chi connectivity index (χ3n) is 3.16. The first-order valence-corrected chi connectivity index (χ1v) is 6.65. The van der Waals surface area contributed by atoms with E-state index in [0.717, 1.165) is 5.69 Å². The van der Waals surface area contributed by atoms with Gasteiger partial charge in [0.05, 0.1) is 5.38 Å². The molecular weight excluding hydrogens is 242 g/mol. The average molecular weight is 260 g/mol. The van der Waals surface area contributed by atoms with Crippen LogP contribution in [0.5, 0.6) is 0 Å². The molecule has 1 aromatic carbocycles. The molecule has 18 heavy (non-hydrogen) atoms. The van der Waals surface area contributed by atoms with Crippen LogP contribution in [0.1, 0.15) is 40.6 Å². The van der Waals surface area contributed by atoms with E-state index in [1.54, 1.807) is 0 Å². The van der Waals surface area contributed by atoms with Crippen LogP contribution in [0.2, 0.25) is 0 Å². The standard InChI is InChI=1S/C16H18ClN/c1-11-8-12(2)10-14(9-11)16(17)13(3)15-6-4-5-7-18-15/h4-10,13,16H,1-3H3. The Kier molecular flexibility index (Phi) is 4.03. The first kappa shape index (κ1) is 13.1. The number of hydrogen-bond donors (Lipinski definition) is 0. The molecule has 0 aliphatic rings. The minimum Gasteiger partial charge on any atom is -0.261 e. The fourth-order valence-electron chi connectivity index (χ4n) is 2.25. The van der Waals surface area contributed by atoms with Crippen LogP contribution in [0.4, 0.5) is 0 Å². The Morgan fingerprint density at radius 2 is 1.72 bits per heavy atom. The topological polar surface area (TPSA) is 12.9 Å². The van der Waals surface area contributed by atoms with Crippen molar-refractivity contribution >= 4 is 11.6 Å². The summed E-state index contributed by atoms with van der Waals surface area (Å²) in [6.07, 6.45) is 1.82. The van der Waals surface area contributed by atoms with Crippen molar-refractivity contribution in [3.05, 3.63) is 65.0 Å². The molecular formula is C16H18ClN. The molecule has 2 atom stereocenters. The van der Waals surface area contributed by atoms with Gasteiger partial charge in [-0.15, -0.1) is 11.6 Å². The number of hydrogen-bond acceptors (Lipinski definition) is 1. The molecule has 0 radical (unpaired) electrons. The maximum atomic E-state index is 6.60. The number of halogens is 1. The number of aryl methyl sites for hydroxylation is 2. The lowest BCUT2D eigenvalue weighted by Gasteiger charge is -2.19. The van der Waals surface area contributed by atoms with E-state index in [9.17, 15) is 0 Å². The third-order valence-corrected chi connectivity index (χ3v) is 3.79. The SMILES string of the molecule is Cc1cc(C)cc(C(Cl)C(C)c2ccccn2)c1. The number of nitrogens with zero attached hydrogens (tertiary/aromatic N) is 1. The minimum absolute atomic E-state index is 0.0431. The van der Waals surface area contributed by atoms with Crippen molar-refractivity contribution in [1.29, 1.82) is 0 Å². The van der Waals surface area contributed by atoms with Crippen LogP contribution in [-0.2, 0) is 0 Å². The van der Waals surface area contributed by atoms with Gasteiger partial charge in [-0.05, 0) is 31.5 Å². The molecule has 2 unspecified atom stereocenters. The van der Waals surface area contributed by atoms with Gasteiger partial charge in [0.2, 0.25) is 0 Å². The van der Waals surface area contributed by atoms with Crippen molar-refractivity contribution < 1.29 is 0 Å². The first-order valence-electron chi connectivity index (χ1n) is 6.21. The van der Waals surface area contributed by atoms with Crippen LogP contribution in [0.15, 0.2) is 42.6 Å². The number of benzene rings is 1. The molecule has 2 aromatic rings. The van der Waals surface area contributed by atoms with Gasteiger partial charge in [-0.25, -0.2) is 0 Å². The van der Waals surface area contributed by atoms with E-state index in [-0.39, 0.29) is 11.3 Å². The number of alkyl halides is 1. The second kappa shape index (κ2) is 5.53. The van der Waals surface area contributed by atoms with Crippen LogP contribution in [0.3, 0.4) is 0 Å². The Balaban J connectivity index is 2.28. The molecule has 94 valence electrons. The normalized spacial score (nSPS) is 14.2. The molecule has 0 spiro atoms. The van der Waals surface area contributed by atoms with Gasteiger partial charge >= 0.3 is 0 Å². The average Bonchev–Trinajstić information content (AvgIpc) is 2.37. The summed E-state index contributed by atoms with van der Waals surface area (Å²) in [6, 6.07) is 12.4. The van der Waals surface area contributed by atoms with Gasteiger partial charge in [-0.3, -0.25) is 4.98 Å². The highest BCUT2D eigenvalue weighted by molar-refractivity contribution is 6.21. The summed E-state index contributed by atoms with van der Waals surface area (Å²) >= 11 is 6.60. The molecule has 0 bridgehead atoms. The van der Waals surface area contributed by atoms with Gasteiger partial charge in [-0.2, -0.15) is 0 Å². The van der Waals surface area contributed by atoms with E-state index in [1.807, 2.05) is 24.4 Å². The Labute approximate surface area is 114 Å². The maximum absolute atomic E-state index is 6.60. The largest absolute Gasteiger partial charge is 0.261 e. The highest BCUT2D eigenvalue weighted by atomic mass is 35.5. The Morgan fingerprint density at radius 3 is 2.28 bits per heavy atom. The highest BCUT2D eigenvalue weighted by Gasteiger charge is 2.19. The van der Waals surface area contributed by atoms with E-state index in [1.165, 1.54) is 16.7 Å². The zero-order valence-electron chi connectivity index (χ0n) is 11.0. The quantitative estimate of drug-likeness (QED) is 0.723. The molecule has 0 amide bonds. The van der Waals surface area contributed by atoms with E-state index in [2.05, 4.69) is 44.0 Å². The summed E-state index contributed by atoms with van der Waals surface area (Å²) in [6.45, 7) is 6.33. The third kappa shape index (κ3) is 2.91. The molecule has 0 saturated carbocycles. The van der Waals surface area contributed by atoms with Crippen LogP contribution in [0, 0.1) is 13.8 Å². The summed E-state index contributed by atoms with van der Waals surface area (Å²) in [4.78, 5) is 4.39. The van der Waals surface area contributed by atoms with Crippen LogP contribution in [0.25, 0.3) is 0 Å². The lowest BCUT2D eigenvalue weighted by Crippen LogP contribution is -2.05. The molecule has 1 heterocycles. The lowest BCUT2D eigenvalue weighted by molar-refractivity contribution is 0.705. The van der Waals surface area contributed by atoms with Crippen molar-refractivity contribution in [3.63, 3.8) is 0 Å². The summed E-state index contributed by atoms with van der Waals surface area (Å²) in [5.41, 5.74) is 4.72. The van der Waals surface area contributed by atoms with Gasteiger partial charge in [0.25, 0.3) is 0 Å². The summed E-state index contributed by atoms with van der Waals surface area (Å²) in [7, 11) is 0. The van der Waals surface area contributed by atoms with Crippen molar-refractivity contribution in [2.75, 3.05) is 0 Å². The minimum atomic E-state index is -0.0431. The van der Waals surface area contributed by atoms with E-state index in [0.29, 0.717) is 0 Å². The summed E-state index contributed by atoms with van der Waals surface area (Å²) < 4.78 is 0. The van der Waals surface area contributed by atoms with Crippen molar-refractivity contribution in [2.45, 2.75) is 32.1 Å². The number of pyridine rings is 1. The summed E-state index contributed by atoms with van der Waals surface area (Å²) in [5, 5.41) is -0.0431. The second-order valence-corrected chi connectivity index (χ2v) is 5.34. The second-order valence-electron chi connectivity index (χ2n) is 4.87. The van der Waals surface area contributed by atoms with E-state index >= 15 is 0 Å². The molecule has 1 nitrogen and oxygen atoms in total. The lowest BCUT2D eigenvalue weighted by atomic mass is 9.94. The van der Waals surface area contributed by atoms with Gasteiger partial charge in [-0.1, -0.05) is 42.3 Å². The van der Waals surface area contributed by atoms with Crippen molar-refractivity contribution in [3.8, 4) is 0 Å². The molecule has 0 saturated heterocycles. The van der Waals surface area contributed by atoms with Gasteiger partial charge in [0.15, 0.2) is 0 Å². The molecule has 2 rings (SSSR count). The Bertz CT molecular complexity index is 502. The Morgan fingerprint density at radius 1 is 1.06 bits per heavy atom. The van der Waals surface area contributed by atoms with Crippen LogP contribution in [-0.4, -0.2) is 4.98 Å². The molecule has 0 fully saturated rings. The van der Waals surface area contributed by atoms with Gasteiger partial charge < -0.3 is 0 Å². The first-order chi connectivity index (χ1) is 8.58. The van der Waals surface area contributed by atoms with Gasteiger partial charge in [0, 0.05) is 17.8 Å². The highest BCUT2D eigenvalue weighted by Crippen LogP contribution is 2.35. The predicted molar refractivity (Wildman–Crippen MR) is 77.2 cm³/mol. The van der Waals surface area contributed by atoms with Crippen molar-refractivity contribution in [2.24, 2.45) is 0 Å².